The zero-order chi connectivity index (χ0) is 91.5. The number of amides is 4. The standard InChI is InChI=1S/C17H32BN5O7S.2C16H32BN5O7S.C15H32BN5O7S/c1-11(19)13(24)21-15(4-5-15)16(6-7-16)22-31(29,30)23-9-12(3-2-8-18(27)28)17(20,10-23)14(25)26;2*1-10(18)13(23)20-15(5-6-15)11(2)21-30(28,29)22-8-12(4-3-7-17(26)27)16(19,9-22)14(24)25;1-3-20(8-7-19-13(22)11(2)17)29(27,28)21-9-12(5-4-6-16(25)26)15(18,10-21)14(23)24/h11-12,22,27-28H,2-10,19-20H2,1H3,(H,21,24)(H,25,26);2*10-12,21,26-27H,3-9,18-19H2,1-2H3,(H,20,23)(H,24,25);11-12,25-26H,3-10,17-18H2,1-2H3,(H,19,22)(H,23,24)/t11-,12-,17-;10-,11+,12-,16-;10-,11-,12-,16-;11-,12-,15-/m0000/s1. The topological polar surface area (TPSA) is 824 Å². The Balaban J connectivity index is 0.000000285. The Bertz CT molecular complexity index is 3910. The van der Waals surface area contributed by atoms with Crippen LogP contribution in [0.1, 0.15) is 151 Å². The van der Waals surface area contributed by atoms with Gasteiger partial charge in [0, 0.05) is 108 Å². The number of rotatable bonds is 45. The van der Waals surface area contributed by atoms with Gasteiger partial charge in [-0.25, -0.2) is 0 Å². The van der Waals surface area contributed by atoms with Gasteiger partial charge >= 0.3 is 52.4 Å². The molecular formula is C64H128B4N20O28S4. The van der Waals surface area contributed by atoms with Crippen molar-refractivity contribution in [1.29, 1.82) is 0 Å². The molecule has 56 heteroatoms. The van der Waals surface area contributed by atoms with Crippen LogP contribution in [-0.2, 0) is 79.2 Å². The Morgan fingerprint density at radius 3 is 0.925 bits per heavy atom. The first-order valence-corrected chi connectivity index (χ1v) is 45.7. The largest absolute Gasteiger partial charge is 0.480 e. The lowest BCUT2D eigenvalue weighted by molar-refractivity contribution is -0.145. The van der Waals surface area contributed by atoms with E-state index in [1.165, 1.54) is 20.8 Å². The van der Waals surface area contributed by atoms with Crippen molar-refractivity contribution in [2.45, 2.75) is 257 Å². The van der Waals surface area contributed by atoms with E-state index in [2.05, 4.69) is 35.4 Å². The van der Waals surface area contributed by atoms with E-state index in [9.17, 15) is 92.5 Å². The SMILES string of the molecule is CCN(CCNC(=O)[C@H](C)N)S(=O)(=O)N1C[C@H](CCCB(O)O)[C@](N)(C(=O)O)C1.C[C@H](N)C(=O)NC1(C2(NS(=O)(=O)N3C[C@H](CCCB(O)O)[C@](N)(C(=O)O)C3)CC2)CC1.C[C@H](N)C(=O)NC1([C@@H](C)NS(=O)(=O)N2C[C@H](CCCB(O)O)[C@](N)(C(=O)O)C2)CC1.C[C@H](N)C(=O)NC1([C@H](C)NS(=O)(=O)N2C[C@H](CCCB(O)O)[C@](N)(C(=O)O)C2)CC1. The molecule has 4 saturated heterocycles. The lowest BCUT2D eigenvalue weighted by atomic mass is 9.78. The maximum atomic E-state index is 13.2. The van der Waals surface area contributed by atoms with Gasteiger partial charge in [0.15, 0.2) is 0 Å². The summed E-state index contributed by atoms with van der Waals surface area (Å²) < 4.78 is 117. The van der Waals surface area contributed by atoms with Crippen LogP contribution >= 0.6 is 0 Å². The van der Waals surface area contributed by atoms with Crippen LogP contribution in [0.4, 0.5) is 0 Å². The van der Waals surface area contributed by atoms with E-state index in [1.54, 1.807) is 27.7 Å². The molecule has 0 aromatic carbocycles. The Kier molecular flexibility index (Phi) is 36.9. The first-order valence-electron chi connectivity index (χ1n) is 40.0. The van der Waals surface area contributed by atoms with E-state index < -0.39 is 216 Å². The molecule has 14 atom stereocenters. The third kappa shape index (κ3) is 27.0. The van der Waals surface area contributed by atoms with E-state index in [0.29, 0.717) is 77.0 Å². The van der Waals surface area contributed by atoms with Crippen molar-refractivity contribution in [2.24, 2.45) is 69.5 Å². The van der Waals surface area contributed by atoms with Gasteiger partial charge in [0.25, 0.3) is 40.8 Å². The highest BCUT2D eigenvalue weighted by Gasteiger charge is 2.69. The van der Waals surface area contributed by atoms with Crippen molar-refractivity contribution in [3.63, 3.8) is 0 Å². The molecule has 4 saturated carbocycles. The van der Waals surface area contributed by atoms with Gasteiger partial charge in [-0.2, -0.15) is 69.4 Å². The summed E-state index contributed by atoms with van der Waals surface area (Å²) in [6, 6.07) is -4.15. The number of hydrogen-bond acceptors (Lipinski definition) is 32. The summed E-state index contributed by atoms with van der Waals surface area (Å²) in [7, 11) is -22.3. The maximum Gasteiger partial charge on any atom is 0.451 e. The Morgan fingerprint density at radius 1 is 0.408 bits per heavy atom. The summed E-state index contributed by atoms with van der Waals surface area (Å²) in [6.07, 6.45) is 7.05. The first kappa shape index (κ1) is 105. The Hall–Kier alpha value is -5.14. The van der Waals surface area contributed by atoms with Gasteiger partial charge in [-0.3, -0.25) is 38.4 Å². The molecule has 8 rings (SSSR count). The predicted molar refractivity (Wildman–Crippen MR) is 437 cm³/mol. The molecule has 4 aliphatic carbocycles. The highest BCUT2D eigenvalue weighted by atomic mass is 32.2. The monoisotopic (exact) mass is 1800 g/mol. The normalized spacial score (nSPS) is 27.5. The highest BCUT2D eigenvalue weighted by Crippen LogP contribution is 2.58. The number of nitrogens with one attached hydrogen (secondary N) is 7. The van der Waals surface area contributed by atoms with E-state index in [-0.39, 0.29) is 128 Å². The Labute approximate surface area is 701 Å². The number of aliphatic carboxylic acids is 4. The molecule has 8 aliphatic rings. The smallest absolute Gasteiger partial charge is 0.451 e. The zero-order valence-corrected chi connectivity index (χ0v) is 72.2. The van der Waals surface area contributed by atoms with Crippen molar-refractivity contribution in [3.05, 3.63) is 0 Å². The van der Waals surface area contributed by atoms with E-state index in [0.717, 1.165) is 21.5 Å². The molecule has 8 fully saturated rings. The minimum Gasteiger partial charge on any atom is -0.480 e. The number of likely N-dealkylation sites (N-methyl/N-ethyl adjacent to an activating group) is 1. The van der Waals surface area contributed by atoms with E-state index in [4.69, 9.17) is 86.1 Å². The second kappa shape index (κ2) is 42.0. The van der Waals surface area contributed by atoms with E-state index in [1.807, 2.05) is 0 Å². The third-order valence-electron chi connectivity index (χ3n) is 24.1. The number of hydrogen-bond donors (Lipinski definition) is 27. The summed E-state index contributed by atoms with van der Waals surface area (Å²) in [6.45, 7) is 9.24. The highest BCUT2D eigenvalue weighted by molar-refractivity contribution is 7.88. The molecule has 48 nitrogen and oxygen atoms in total. The molecule has 0 unspecified atom stereocenters. The fraction of sp³-hybridized carbons (Fsp3) is 0.875. The molecule has 0 bridgehead atoms. The van der Waals surface area contributed by atoms with Crippen LogP contribution in [0.3, 0.4) is 0 Å². The van der Waals surface area contributed by atoms with E-state index >= 15 is 0 Å². The average molecular weight is 1800 g/mol. The van der Waals surface area contributed by atoms with Gasteiger partial charge in [0.1, 0.15) is 22.2 Å². The number of nitrogens with two attached hydrogens (primary N) is 8. The molecule has 120 heavy (non-hydrogen) atoms. The number of carbonyl (C=O) groups excluding carboxylic acids is 4. The third-order valence-corrected chi connectivity index (χ3v) is 30.9. The minimum atomic E-state index is -4.08. The van der Waals surface area contributed by atoms with Gasteiger partial charge in [-0.1, -0.05) is 32.6 Å². The van der Waals surface area contributed by atoms with Crippen molar-refractivity contribution < 1.29 is 133 Å². The lowest BCUT2D eigenvalue weighted by Gasteiger charge is -2.31. The summed E-state index contributed by atoms with van der Waals surface area (Å²) in [5.41, 5.74) is 36.4. The van der Waals surface area contributed by atoms with Gasteiger partial charge in [0.05, 0.1) is 46.3 Å². The minimum absolute atomic E-state index is 0.000191. The van der Waals surface area contributed by atoms with Crippen LogP contribution in [-0.4, -0.2) is 344 Å². The molecule has 0 aromatic rings. The van der Waals surface area contributed by atoms with Gasteiger partial charge in [0.2, 0.25) is 23.6 Å². The second-order valence-corrected chi connectivity index (χ2v) is 40.7. The summed E-state index contributed by atoms with van der Waals surface area (Å²) in [5.74, 6) is -9.47. The van der Waals surface area contributed by atoms with Crippen molar-refractivity contribution in [3.8, 4) is 0 Å². The zero-order valence-electron chi connectivity index (χ0n) is 68.9. The summed E-state index contributed by atoms with van der Waals surface area (Å²) in [5, 5.41) is 121. The van der Waals surface area contributed by atoms with Crippen molar-refractivity contribution >= 4 is 117 Å². The molecule has 35 N–H and O–H groups in total. The van der Waals surface area contributed by atoms with Gasteiger partial charge < -0.3 is 128 Å². The van der Waals surface area contributed by atoms with Crippen molar-refractivity contribution in [2.75, 3.05) is 72.0 Å². The van der Waals surface area contributed by atoms with Crippen LogP contribution in [0.5, 0.6) is 0 Å². The molecular weight excluding hydrogens is 1670 g/mol. The molecule has 0 radical (unpaired) electrons. The Morgan fingerprint density at radius 2 is 0.675 bits per heavy atom. The van der Waals surface area contributed by atoms with Crippen LogP contribution in [0.2, 0.25) is 25.3 Å². The number of carboxylic acids is 4. The fourth-order valence-electron chi connectivity index (χ4n) is 15.4. The first-order chi connectivity index (χ1) is 55.1. The maximum absolute atomic E-state index is 13.2. The molecule has 0 aromatic heterocycles. The van der Waals surface area contributed by atoms with Gasteiger partial charge in [-0.05, 0) is 144 Å². The fourth-order valence-corrected chi connectivity index (χ4v) is 22.0. The van der Waals surface area contributed by atoms with Gasteiger partial charge in [-0.15, -0.1) is 0 Å². The van der Waals surface area contributed by atoms with Crippen LogP contribution in [0.15, 0.2) is 0 Å². The number of carboxylic acid groups (broad SMARTS) is 4. The molecule has 688 valence electrons. The van der Waals surface area contributed by atoms with Crippen LogP contribution in [0.25, 0.3) is 0 Å². The molecule has 4 amide bonds. The number of nitrogens with zero attached hydrogens (tertiary/aromatic N) is 5. The van der Waals surface area contributed by atoms with Crippen molar-refractivity contribution in [1.82, 2.24) is 57.0 Å². The van der Waals surface area contributed by atoms with Crippen LogP contribution in [0, 0.1) is 23.7 Å². The summed E-state index contributed by atoms with van der Waals surface area (Å²) >= 11 is 0. The summed E-state index contributed by atoms with van der Waals surface area (Å²) in [4.78, 5) is 94.6. The predicted octanol–water partition coefficient (Wildman–Crippen LogP) is -11.4. The molecule has 4 heterocycles. The lowest BCUT2D eigenvalue weighted by Crippen LogP contribution is -2.60. The molecule has 0 spiro atoms. The molecule has 4 aliphatic heterocycles. The van der Waals surface area contributed by atoms with Crippen LogP contribution < -0.4 is 81.3 Å². The second-order valence-electron chi connectivity index (χ2n) is 33.7. The average Bonchev–Trinajstić information content (AvgIpc) is 1.53. The quantitative estimate of drug-likeness (QED) is 0.0252. The number of carbonyl (C=O) groups is 8.